The van der Waals surface area contributed by atoms with Crippen molar-refractivity contribution in [2.45, 2.75) is 207 Å². The number of halogens is 2. The lowest BCUT2D eigenvalue weighted by Crippen LogP contribution is -2.65. The second kappa shape index (κ2) is 36.5. The summed E-state index contributed by atoms with van der Waals surface area (Å²) in [7, 11) is 1.47. The molecule has 8 aliphatic rings. The Hall–Kier alpha value is -10.7. The fourth-order valence-corrected chi connectivity index (χ4v) is 15.9. The summed E-state index contributed by atoms with van der Waals surface area (Å²) in [6, 6.07) is 4.83. The first-order valence-corrected chi connectivity index (χ1v) is 39.1. The molecule has 22 N–H and O–H groups in total. The number of nitrogens with one attached hydrogen (secondary N) is 8. The van der Waals surface area contributed by atoms with Crippen LogP contribution in [0.25, 0.3) is 11.1 Å². The molecule has 11 bridgehead atoms. The number of nitrogens with two attached hydrogens (primary N) is 2. The van der Waals surface area contributed by atoms with Crippen molar-refractivity contribution in [3.05, 3.63) is 157 Å². The van der Waals surface area contributed by atoms with Crippen LogP contribution >= 0.6 is 23.2 Å². The lowest BCUT2D eigenvalue weighted by Gasteiger charge is -2.48. The SMILES string of the molecule is CN[C@H](CC(C)C)C(=O)N[C@H]1C(=O)N[C@@H](CC(N)=O)C(=O)N[C@H]2C(=O)N[C@H]3C(=O)N[C@H](C(=O)N[C@H](C(=O)O)c4cc(O)cc(O)c4-c4cc3ccc4O)[C@H](O[C@H]3C[C@](C)(N)[C@@H](O)[C@H](C)O3)c3ccc(c(Cl)c3)Oc3cc2cc(c3O[C@@H]2O[C@H](CO)[C@@H](O)[C@H](O)[C@H]2O[C@H]2C[C@](C)(NCc3ccc([N+](=O)[O-])cc3)[C@@H](O)[C@H](C)O2)Oc2ccc(cc2Cl)[C@H]1O. The van der Waals surface area contributed by atoms with Gasteiger partial charge >= 0.3 is 5.97 Å². The molecule has 650 valence electrons. The number of amides is 7. The second-order valence-electron chi connectivity index (χ2n) is 31.4. The maximum absolute atomic E-state index is 16.5. The van der Waals surface area contributed by atoms with E-state index in [-0.39, 0.29) is 59.9 Å². The topological polar surface area (TPSA) is 604 Å². The first-order valence-electron chi connectivity index (χ1n) is 38.4. The van der Waals surface area contributed by atoms with Crippen LogP contribution in [-0.4, -0.2) is 220 Å². The van der Waals surface area contributed by atoms with Gasteiger partial charge in [0.15, 0.2) is 36.2 Å². The van der Waals surface area contributed by atoms with Crippen LogP contribution in [0.1, 0.15) is 131 Å². The quantitative estimate of drug-likeness (QED) is 0.0408. The van der Waals surface area contributed by atoms with E-state index in [1.54, 1.807) is 6.92 Å². The number of carboxylic acids is 1. The van der Waals surface area contributed by atoms with Crippen LogP contribution < -0.4 is 68.2 Å². The predicted octanol–water partition coefficient (Wildman–Crippen LogP) is 2.08. The number of aliphatic carboxylic acids is 1. The predicted molar refractivity (Wildman–Crippen MR) is 421 cm³/mol. The largest absolute Gasteiger partial charge is 0.508 e. The number of aromatic hydroxyl groups is 3. The number of carbonyl (C=O) groups is 8. The van der Waals surface area contributed by atoms with Gasteiger partial charge in [0.1, 0.15) is 89.5 Å². The molecule has 6 aromatic carbocycles. The molecule has 3 fully saturated rings. The number of ether oxygens (including phenoxy) is 8. The Morgan fingerprint density at radius 3 is 1.89 bits per heavy atom. The van der Waals surface area contributed by atoms with E-state index in [0.717, 1.165) is 54.6 Å². The van der Waals surface area contributed by atoms with E-state index in [9.17, 15) is 75.6 Å². The fourth-order valence-electron chi connectivity index (χ4n) is 15.4. The zero-order valence-corrected chi connectivity index (χ0v) is 67.4. The summed E-state index contributed by atoms with van der Waals surface area (Å²) in [5, 5.41) is 148. The number of nitro benzene ring substituents is 1. The first kappa shape index (κ1) is 89.6. The molecular formula is C80H93Cl2N11O28. The molecule has 8 heterocycles. The summed E-state index contributed by atoms with van der Waals surface area (Å²) in [5.74, 6) is -16.4. The minimum Gasteiger partial charge on any atom is -0.508 e. The van der Waals surface area contributed by atoms with E-state index >= 15 is 24.0 Å². The van der Waals surface area contributed by atoms with Gasteiger partial charge in [-0.2, -0.15) is 0 Å². The highest BCUT2D eigenvalue weighted by molar-refractivity contribution is 6.32. The smallest absolute Gasteiger partial charge is 0.330 e. The number of primary amides is 1. The molecule has 0 aliphatic carbocycles. The van der Waals surface area contributed by atoms with Crippen molar-refractivity contribution < 1.29 is 132 Å². The van der Waals surface area contributed by atoms with Gasteiger partial charge in [0.05, 0.1) is 58.5 Å². The Morgan fingerprint density at radius 2 is 1.29 bits per heavy atom. The highest BCUT2D eigenvalue weighted by atomic mass is 35.5. The van der Waals surface area contributed by atoms with Crippen molar-refractivity contribution in [3.63, 3.8) is 0 Å². The maximum atomic E-state index is 16.5. The molecule has 121 heavy (non-hydrogen) atoms. The second-order valence-corrected chi connectivity index (χ2v) is 32.3. The average molecular weight is 1730 g/mol. The molecule has 7 amide bonds. The van der Waals surface area contributed by atoms with Gasteiger partial charge in [-0.3, -0.25) is 43.7 Å². The van der Waals surface area contributed by atoms with Gasteiger partial charge in [0.25, 0.3) is 5.69 Å². The molecule has 6 aromatic rings. The van der Waals surface area contributed by atoms with E-state index in [2.05, 4.69) is 42.5 Å². The number of non-ortho nitro benzene ring substituents is 1. The maximum Gasteiger partial charge on any atom is 0.330 e. The number of benzene rings is 6. The van der Waals surface area contributed by atoms with Gasteiger partial charge < -0.3 is 143 Å². The molecule has 3 saturated heterocycles. The van der Waals surface area contributed by atoms with Gasteiger partial charge in [-0.15, -0.1) is 0 Å². The van der Waals surface area contributed by atoms with Crippen molar-refractivity contribution in [2.75, 3.05) is 13.7 Å². The molecule has 0 unspecified atom stereocenters. The first-order chi connectivity index (χ1) is 57.1. The van der Waals surface area contributed by atoms with Crippen molar-refractivity contribution in [1.82, 2.24) is 42.5 Å². The van der Waals surface area contributed by atoms with Gasteiger partial charge in [-0.1, -0.05) is 67.4 Å². The molecule has 0 saturated carbocycles. The van der Waals surface area contributed by atoms with Crippen molar-refractivity contribution >= 4 is 76.2 Å². The summed E-state index contributed by atoms with van der Waals surface area (Å²) in [6.45, 7) is 8.67. The third kappa shape index (κ3) is 19.5. The summed E-state index contributed by atoms with van der Waals surface area (Å²) < 4.78 is 52.5. The van der Waals surface area contributed by atoms with Crippen LogP contribution in [0.2, 0.25) is 10.0 Å². The normalized spacial score (nSPS) is 30.3. The monoisotopic (exact) mass is 1730 g/mol. The number of aliphatic hydroxyl groups excluding tert-OH is 6. The Kier molecular flexibility index (Phi) is 27.0. The van der Waals surface area contributed by atoms with E-state index in [0.29, 0.717) is 5.56 Å². The van der Waals surface area contributed by atoms with Gasteiger partial charge in [0.2, 0.25) is 53.4 Å². The minimum absolute atomic E-state index is 0.0235. The zero-order valence-electron chi connectivity index (χ0n) is 65.9. The number of carbonyl (C=O) groups excluding carboxylic acids is 7. The fraction of sp³-hybridized carbons (Fsp3) is 0.450. The summed E-state index contributed by atoms with van der Waals surface area (Å²) in [6.07, 6.45) is -23.5. The number of phenols is 3. The minimum atomic E-state index is -2.42. The molecule has 14 rings (SSSR count). The Balaban J connectivity index is 1.10. The number of nitrogens with zero attached hydrogens (tertiary/aromatic N) is 1. The lowest BCUT2D eigenvalue weighted by molar-refractivity contribution is -0.384. The molecule has 41 heteroatoms. The van der Waals surface area contributed by atoms with Crippen LogP contribution in [0.5, 0.6) is 46.0 Å². The molecule has 8 aliphatic heterocycles. The van der Waals surface area contributed by atoms with E-state index in [4.69, 9.17) is 72.6 Å². The number of phenolic OH excluding ortho intramolecular Hbond substituents is 3. The Labute approximate surface area is 699 Å². The Morgan fingerprint density at radius 1 is 0.686 bits per heavy atom. The number of fused-ring (bicyclic) bond motifs is 15. The van der Waals surface area contributed by atoms with Gasteiger partial charge in [0, 0.05) is 65.4 Å². The molecule has 22 atom stereocenters. The number of aliphatic hydroxyl groups is 6. The van der Waals surface area contributed by atoms with Crippen LogP contribution in [0.4, 0.5) is 5.69 Å². The molecule has 0 radical (unpaired) electrons. The van der Waals surface area contributed by atoms with E-state index < -0.39 is 271 Å². The van der Waals surface area contributed by atoms with Crippen molar-refractivity contribution in [1.29, 1.82) is 0 Å². The summed E-state index contributed by atoms with van der Waals surface area (Å²) >= 11 is 14.6. The third-order valence-electron chi connectivity index (χ3n) is 21.9. The zero-order chi connectivity index (χ0) is 87.9. The molecule has 0 spiro atoms. The van der Waals surface area contributed by atoms with E-state index in [1.807, 2.05) is 13.8 Å². The Bertz CT molecular complexity index is 4970. The standard InChI is InChI=1S/C80H93Cl2N11O28/c1-31(2)18-45(85-7)71(104)91-61-63(99)36-11-16-49(43(81)20-36)116-51-22-38-23-52(67(51)121-78-68(65(101)64(100)53(30-94)118-78)120-56-28-80(6,70(103)33(4)115-56)86-29-34-8-13-39(14-9-34)93(112)113)117-50-17-12-37(21-44(50)82)66(119-55-27-79(5,84)69(102)32(3)114-55)62-76(109)90-60(77(110)111)42-24-40(95)25-48(97)57(42)41-19-35(10-15-47(41)96)58(73(106)92-62)89-74(107)59(38)88-72(105)46(26-54(83)98)87-75(61)108/h8-17,19-25,31-33,45-46,53,55-56,58-66,68-70,78,85-86,94-97,99-103H,18,26-30,84H2,1-7H3,(H2,83,98)(H,87,108)(H,88,105)(H,89,107)(H,90,109)(H,91,104)(H,92,106)(H,110,111)/t32-,33-,45+,46-,53+,55-,56-,58+,59+,60-,61+,62-,63+,64+,65-,66+,68+,69-,70-,78-,79-,80-/m0/s1. The number of nitro groups is 1. The molecule has 0 aromatic heterocycles. The molecular weight excluding hydrogens is 1630 g/mol. The number of rotatable bonds is 19. The van der Waals surface area contributed by atoms with Crippen LogP contribution in [0.15, 0.2) is 103 Å². The highest BCUT2D eigenvalue weighted by Gasteiger charge is 2.53. The summed E-state index contributed by atoms with van der Waals surface area (Å²) in [5.41, 5.74) is 7.11. The van der Waals surface area contributed by atoms with Crippen LogP contribution in [-0.2, 0) is 68.6 Å². The highest BCUT2D eigenvalue weighted by Crippen LogP contribution is 2.51. The van der Waals surface area contributed by atoms with Crippen molar-refractivity contribution in [3.8, 4) is 57.1 Å². The van der Waals surface area contributed by atoms with Crippen molar-refractivity contribution in [2.24, 2.45) is 17.4 Å². The van der Waals surface area contributed by atoms with Gasteiger partial charge in [-0.25, -0.2) is 4.79 Å². The van der Waals surface area contributed by atoms with Crippen LogP contribution in [0, 0.1) is 16.0 Å². The third-order valence-corrected chi connectivity index (χ3v) is 22.5. The molecule has 39 nitrogen and oxygen atoms in total. The number of hydrogen-bond acceptors (Lipinski definition) is 30. The number of carboxylic acid groups (broad SMARTS) is 1. The van der Waals surface area contributed by atoms with Crippen LogP contribution in [0.3, 0.4) is 0 Å². The van der Waals surface area contributed by atoms with Gasteiger partial charge in [-0.05, 0) is 129 Å². The number of hydrogen-bond donors (Lipinski definition) is 20. The van der Waals surface area contributed by atoms with E-state index in [1.165, 1.54) is 76.3 Å². The number of likely N-dealkylation sites (N-methyl/N-ethyl adjacent to an activating group) is 1. The average Bonchev–Trinajstić information content (AvgIpc) is 0.760. The lowest BCUT2D eigenvalue weighted by atomic mass is 9.84. The summed E-state index contributed by atoms with van der Waals surface area (Å²) in [4.78, 5) is 131.